The number of hydrogen-bond acceptors (Lipinski definition) is 3. The van der Waals surface area contributed by atoms with Crippen molar-refractivity contribution >= 4 is 11.8 Å². The van der Waals surface area contributed by atoms with Crippen LogP contribution in [0.3, 0.4) is 0 Å². The van der Waals surface area contributed by atoms with Crippen molar-refractivity contribution < 1.29 is 9.31 Å². The number of halogens is 1. The summed E-state index contributed by atoms with van der Waals surface area (Å²) in [6.45, 7) is 1.76. The predicted octanol–water partition coefficient (Wildman–Crippen LogP) is 2.01. The molecule has 1 rings (SSSR count). The molecule has 15 heavy (non-hydrogen) atoms. The Morgan fingerprint density at radius 1 is 1.60 bits per heavy atom. The largest absolute Gasteiger partial charge is 0.327 e. The standard InChI is InChI=1S/C10H11FN2O2/c1-7-5-9(11)8(3-2-4-12)6-10(7)13(14)15/h2-3,5-6H,4,12H2,1H3. The van der Waals surface area contributed by atoms with E-state index in [1.165, 1.54) is 25.1 Å². The van der Waals surface area contributed by atoms with Gasteiger partial charge in [0.2, 0.25) is 0 Å². The zero-order valence-electron chi connectivity index (χ0n) is 8.24. The third-order valence-corrected chi connectivity index (χ3v) is 1.95. The minimum Gasteiger partial charge on any atom is -0.327 e. The van der Waals surface area contributed by atoms with E-state index in [1.54, 1.807) is 0 Å². The van der Waals surface area contributed by atoms with E-state index in [4.69, 9.17) is 5.73 Å². The molecule has 0 atom stereocenters. The quantitative estimate of drug-likeness (QED) is 0.612. The zero-order chi connectivity index (χ0) is 11.4. The summed E-state index contributed by atoms with van der Waals surface area (Å²) in [6.07, 6.45) is 2.97. The first-order valence-electron chi connectivity index (χ1n) is 4.37. The lowest BCUT2D eigenvalue weighted by Gasteiger charge is -2.00. The fourth-order valence-corrected chi connectivity index (χ4v) is 1.20. The summed E-state index contributed by atoms with van der Waals surface area (Å²) in [5, 5.41) is 10.6. The first-order chi connectivity index (χ1) is 7.06. The minimum atomic E-state index is -0.533. The molecule has 0 aliphatic carbocycles. The Morgan fingerprint density at radius 2 is 2.27 bits per heavy atom. The average molecular weight is 210 g/mol. The number of nitrogens with two attached hydrogens (primary N) is 1. The molecule has 0 radical (unpaired) electrons. The number of benzene rings is 1. The average Bonchev–Trinajstić information content (AvgIpc) is 2.16. The van der Waals surface area contributed by atoms with E-state index in [1.807, 2.05) is 0 Å². The Hall–Kier alpha value is -1.75. The lowest BCUT2D eigenvalue weighted by Crippen LogP contribution is -1.96. The fraction of sp³-hybridized carbons (Fsp3) is 0.200. The molecule has 80 valence electrons. The van der Waals surface area contributed by atoms with Crippen LogP contribution in [0.2, 0.25) is 0 Å². The molecule has 0 saturated carbocycles. The molecule has 0 bridgehead atoms. The van der Waals surface area contributed by atoms with Crippen molar-refractivity contribution in [2.75, 3.05) is 6.54 Å². The molecule has 0 aliphatic heterocycles. The Bertz CT molecular complexity index is 416. The Balaban J connectivity index is 3.23. The molecule has 0 aliphatic rings. The molecular weight excluding hydrogens is 199 g/mol. The van der Waals surface area contributed by atoms with E-state index in [9.17, 15) is 14.5 Å². The van der Waals surface area contributed by atoms with Crippen LogP contribution in [-0.2, 0) is 0 Å². The predicted molar refractivity (Wildman–Crippen MR) is 55.9 cm³/mol. The van der Waals surface area contributed by atoms with Crippen molar-refractivity contribution in [3.05, 3.63) is 45.3 Å². The molecule has 2 N–H and O–H groups in total. The van der Waals surface area contributed by atoms with Gasteiger partial charge in [-0.15, -0.1) is 0 Å². The fourth-order valence-electron chi connectivity index (χ4n) is 1.20. The maximum atomic E-state index is 13.3. The molecule has 0 amide bonds. The van der Waals surface area contributed by atoms with Gasteiger partial charge in [-0.2, -0.15) is 0 Å². The summed E-state index contributed by atoms with van der Waals surface area (Å²) in [4.78, 5) is 10.1. The first-order valence-corrected chi connectivity index (χ1v) is 4.37. The van der Waals surface area contributed by atoms with Gasteiger partial charge in [-0.05, 0) is 13.0 Å². The molecule has 1 aromatic carbocycles. The highest BCUT2D eigenvalue weighted by Gasteiger charge is 2.13. The van der Waals surface area contributed by atoms with Crippen LogP contribution in [0, 0.1) is 22.9 Å². The summed E-state index contributed by atoms with van der Waals surface area (Å²) in [5.74, 6) is -0.484. The van der Waals surface area contributed by atoms with Gasteiger partial charge in [0, 0.05) is 23.7 Å². The van der Waals surface area contributed by atoms with Crippen molar-refractivity contribution in [3.63, 3.8) is 0 Å². The molecule has 0 heterocycles. The maximum absolute atomic E-state index is 13.3. The number of hydrogen-bond donors (Lipinski definition) is 1. The smallest absolute Gasteiger partial charge is 0.273 e. The summed E-state index contributed by atoms with van der Waals surface area (Å²) >= 11 is 0. The van der Waals surface area contributed by atoms with E-state index in [0.29, 0.717) is 5.56 Å². The van der Waals surface area contributed by atoms with E-state index in [0.717, 1.165) is 6.07 Å². The third kappa shape index (κ3) is 2.60. The molecule has 1 aromatic rings. The van der Waals surface area contributed by atoms with Crippen LogP contribution in [0.25, 0.3) is 6.08 Å². The van der Waals surface area contributed by atoms with E-state index < -0.39 is 10.7 Å². The van der Waals surface area contributed by atoms with Gasteiger partial charge >= 0.3 is 0 Å². The van der Waals surface area contributed by atoms with Gasteiger partial charge in [-0.3, -0.25) is 10.1 Å². The molecular formula is C10H11FN2O2. The lowest BCUT2D eigenvalue weighted by molar-refractivity contribution is -0.385. The zero-order valence-corrected chi connectivity index (χ0v) is 8.24. The molecule has 0 saturated heterocycles. The van der Waals surface area contributed by atoms with Crippen molar-refractivity contribution in [1.82, 2.24) is 0 Å². The van der Waals surface area contributed by atoms with Gasteiger partial charge in [0.15, 0.2) is 0 Å². The van der Waals surface area contributed by atoms with Crippen LogP contribution in [-0.4, -0.2) is 11.5 Å². The molecule has 5 heteroatoms. The van der Waals surface area contributed by atoms with Gasteiger partial charge in [-0.25, -0.2) is 4.39 Å². The first kappa shape index (κ1) is 11.3. The Morgan fingerprint density at radius 3 is 2.80 bits per heavy atom. The van der Waals surface area contributed by atoms with Crippen LogP contribution < -0.4 is 5.73 Å². The highest BCUT2D eigenvalue weighted by atomic mass is 19.1. The maximum Gasteiger partial charge on any atom is 0.273 e. The van der Waals surface area contributed by atoms with E-state index >= 15 is 0 Å². The highest BCUT2D eigenvalue weighted by Crippen LogP contribution is 2.22. The topological polar surface area (TPSA) is 69.2 Å². The summed E-state index contributed by atoms with van der Waals surface area (Å²) in [5.41, 5.74) is 5.61. The highest BCUT2D eigenvalue weighted by molar-refractivity contribution is 5.56. The molecule has 0 spiro atoms. The second-order valence-electron chi connectivity index (χ2n) is 3.06. The van der Waals surface area contributed by atoms with Crippen LogP contribution in [0.15, 0.2) is 18.2 Å². The Labute approximate surface area is 86.4 Å². The van der Waals surface area contributed by atoms with Gasteiger partial charge in [0.25, 0.3) is 5.69 Å². The summed E-state index contributed by atoms with van der Waals surface area (Å²) in [7, 11) is 0. The van der Waals surface area contributed by atoms with Crippen LogP contribution in [0.5, 0.6) is 0 Å². The van der Waals surface area contributed by atoms with Gasteiger partial charge in [0.1, 0.15) is 5.82 Å². The number of nitrogens with zero attached hydrogens (tertiary/aromatic N) is 1. The van der Waals surface area contributed by atoms with Crippen molar-refractivity contribution in [1.29, 1.82) is 0 Å². The second-order valence-corrected chi connectivity index (χ2v) is 3.06. The third-order valence-electron chi connectivity index (χ3n) is 1.95. The van der Waals surface area contributed by atoms with E-state index in [2.05, 4.69) is 0 Å². The number of aryl methyl sites for hydroxylation is 1. The van der Waals surface area contributed by atoms with Gasteiger partial charge < -0.3 is 5.73 Å². The molecule has 0 aromatic heterocycles. The second kappa shape index (κ2) is 4.65. The number of rotatable bonds is 3. The monoisotopic (exact) mass is 210 g/mol. The van der Waals surface area contributed by atoms with Crippen LogP contribution >= 0.6 is 0 Å². The molecule has 0 unspecified atom stereocenters. The van der Waals surface area contributed by atoms with E-state index in [-0.39, 0.29) is 17.8 Å². The molecule has 4 nitrogen and oxygen atoms in total. The van der Waals surface area contributed by atoms with Crippen molar-refractivity contribution in [2.24, 2.45) is 5.73 Å². The van der Waals surface area contributed by atoms with Gasteiger partial charge in [-0.1, -0.05) is 12.2 Å². The Kier molecular flexibility index (Phi) is 3.51. The summed E-state index contributed by atoms with van der Waals surface area (Å²) in [6, 6.07) is 2.35. The van der Waals surface area contributed by atoms with Crippen molar-refractivity contribution in [2.45, 2.75) is 6.92 Å². The summed E-state index contributed by atoms with van der Waals surface area (Å²) < 4.78 is 13.3. The normalized spacial score (nSPS) is 10.9. The van der Waals surface area contributed by atoms with Gasteiger partial charge in [0.05, 0.1) is 4.92 Å². The van der Waals surface area contributed by atoms with Crippen LogP contribution in [0.1, 0.15) is 11.1 Å². The number of nitro groups is 1. The molecule has 0 fully saturated rings. The van der Waals surface area contributed by atoms with Crippen molar-refractivity contribution in [3.8, 4) is 0 Å². The SMILES string of the molecule is Cc1cc(F)c(C=CCN)cc1[N+](=O)[O-]. The lowest BCUT2D eigenvalue weighted by atomic mass is 10.1. The minimum absolute atomic E-state index is 0.0897. The van der Waals surface area contributed by atoms with Crippen LogP contribution in [0.4, 0.5) is 10.1 Å². The number of nitro benzene ring substituents is 1.